The molecule has 0 radical (unpaired) electrons. The first kappa shape index (κ1) is 17.7. The van der Waals surface area contributed by atoms with Crippen LogP contribution in [-0.4, -0.2) is 16.8 Å². The maximum atomic E-state index is 12.7. The van der Waals surface area contributed by atoms with E-state index in [4.69, 9.17) is 0 Å². The number of carbonyl (C=O) groups excluding carboxylic acids is 2. The van der Waals surface area contributed by atoms with Gasteiger partial charge in [0.2, 0.25) is 0 Å². The lowest BCUT2D eigenvalue weighted by Gasteiger charge is -2.17. The van der Waals surface area contributed by atoms with Gasteiger partial charge in [0.25, 0.3) is 11.8 Å². The fraction of sp³-hybridized carbons (Fsp3) is 0.0500. The number of hydrazine groups is 1. The largest absolute Gasteiger partial charge is 0.272 e. The second-order valence-electron chi connectivity index (χ2n) is 5.40. The van der Waals surface area contributed by atoms with Gasteiger partial charge < -0.3 is 0 Å². The summed E-state index contributed by atoms with van der Waals surface area (Å²) in [5, 5.41) is -0.489. The molecule has 0 aliphatic carbocycles. The maximum absolute atomic E-state index is 12.7. The molecule has 0 unspecified atom stereocenters. The molecular formula is C20H17N3O2S. The first-order valence-electron chi connectivity index (χ1n) is 8.01. The van der Waals surface area contributed by atoms with Crippen molar-refractivity contribution in [1.82, 2.24) is 15.8 Å². The van der Waals surface area contributed by atoms with Crippen LogP contribution in [0.15, 0.2) is 90.1 Å². The molecule has 0 spiro atoms. The van der Waals surface area contributed by atoms with E-state index >= 15 is 0 Å². The van der Waals surface area contributed by atoms with Crippen molar-refractivity contribution in [3.8, 4) is 0 Å². The lowest BCUT2D eigenvalue weighted by Crippen LogP contribution is -2.43. The van der Waals surface area contributed by atoms with Gasteiger partial charge in [-0.1, -0.05) is 48.5 Å². The van der Waals surface area contributed by atoms with Crippen LogP contribution in [0.2, 0.25) is 0 Å². The topological polar surface area (TPSA) is 71.1 Å². The molecule has 26 heavy (non-hydrogen) atoms. The molecule has 2 amide bonds. The zero-order chi connectivity index (χ0) is 18.2. The molecule has 3 aromatic rings. The van der Waals surface area contributed by atoms with E-state index in [1.807, 2.05) is 60.7 Å². The van der Waals surface area contributed by atoms with Crippen molar-refractivity contribution in [2.24, 2.45) is 0 Å². The average molecular weight is 363 g/mol. The third kappa shape index (κ3) is 4.70. The molecule has 0 bridgehead atoms. The van der Waals surface area contributed by atoms with Gasteiger partial charge in [-0.15, -0.1) is 11.8 Å². The zero-order valence-electron chi connectivity index (χ0n) is 13.8. The standard InChI is InChI=1S/C20H17N3O2S/c24-19(16-11-13-21-14-12-16)22-23-20(25)18(15-7-3-1-4-8-15)26-17-9-5-2-6-10-17/h1-14,18H,(H,22,24)(H,23,25)/t18-/m1/s1. The van der Waals surface area contributed by atoms with Crippen LogP contribution in [0.25, 0.3) is 0 Å². The van der Waals surface area contributed by atoms with Crippen LogP contribution in [0.1, 0.15) is 21.2 Å². The fourth-order valence-corrected chi connectivity index (χ4v) is 3.34. The number of pyridine rings is 1. The Bertz CT molecular complexity index is 858. The van der Waals surface area contributed by atoms with E-state index in [9.17, 15) is 9.59 Å². The van der Waals surface area contributed by atoms with Crippen LogP contribution in [0.4, 0.5) is 0 Å². The minimum absolute atomic E-state index is 0.299. The molecule has 2 aromatic carbocycles. The Kier molecular flexibility index (Phi) is 6.01. The molecule has 6 heteroatoms. The zero-order valence-corrected chi connectivity index (χ0v) is 14.6. The number of hydrogen-bond donors (Lipinski definition) is 2. The van der Waals surface area contributed by atoms with Gasteiger partial charge in [0, 0.05) is 22.9 Å². The Morgan fingerprint density at radius 3 is 2.08 bits per heavy atom. The third-order valence-electron chi connectivity index (χ3n) is 3.58. The molecule has 5 nitrogen and oxygen atoms in total. The van der Waals surface area contributed by atoms with Crippen molar-refractivity contribution in [1.29, 1.82) is 0 Å². The van der Waals surface area contributed by atoms with Crippen LogP contribution in [0, 0.1) is 0 Å². The van der Waals surface area contributed by atoms with Crippen molar-refractivity contribution in [2.75, 3.05) is 0 Å². The number of thioether (sulfide) groups is 1. The highest BCUT2D eigenvalue weighted by molar-refractivity contribution is 8.00. The normalized spacial score (nSPS) is 11.4. The van der Waals surface area contributed by atoms with E-state index < -0.39 is 11.2 Å². The van der Waals surface area contributed by atoms with Crippen molar-refractivity contribution in [3.05, 3.63) is 96.3 Å². The highest BCUT2D eigenvalue weighted by atomic mass is 32.2. The van der Waals surface area contributed by atoms with Gasteiger partial charge in [-0.05, 0) is 29.8 Å². The first-order valence-corrected chi connectivity index (χ1v) is 8.89. The molecule has 130 valence electrons. The van der Waals surface area contributed by atoms with Crippen molar-refractivity contribution in [2.45, 2.75) is 10.1 Å². The number of aromatic nitrogens is 1. The molecule has 0 aliphatic rings. The van der Waals surface area contributed by atoms with E-state index in [0.29, 0.717) is 5.56 Å². The summed E-state index contributed by atoms with van der Waals surface area (Å²) in [6, 6.07) is 22.3. The summed E-state index contributed by atoms with van der Waals surface area (Å²) in [5.41, 5.74) is 6.26. The molecule has 1 heterocycles. The number of amides is 2. The van der Waals surface area contributed by atoms with Crippen molar-refractivity contribution in [3.63, 3.8) is 0 Å². The van der Waals surface area contributed by atoms with E-state index in [1.54, 1.807) is 12.1 Å². The first-order chi connectivity index (χ1) is 12.7. The second kappa shape index (κ2) is 8.82. The Labute approximate surface area is 155 Å². The Morgan fingerprint density at radius 2 is 1.42 bits per heavy atom. The number of hydrogen-bond acceptors (Lipinski definition) is 4. The van der Waals surface area contributed by atoms with E-state index in [2.05, 4.69) is 15.8 Å². The summed E-state index contributed by atoms with van der Waals surface area (Å²) in [4.78, 5) is 29.7. The number of benzene rings is 2. The van der Waals surface area contributed by atoms with E-state index in [-0.39, 0.29) is 5.91 Å². The average Bonchev–Trinajstić information content (AvgIpc) is 2.72. The van der Waals surface area contributed by atoms with E-state index in [1.165, 1.54) is 24.2 Å². The van der Waals surface area contributed by atoms with Gasteiger partial charge in [-0.3, -0.25) is 25.4 Å². The van der Waals surface area contributed by atoms with Crippen LogP contribution in [-0.2, 0) is 4.79 Å². The van der Waals surface area contributed by atoms with Gasteiger partial charge in [-0.25, -0.2) is 0 Å². The Balaban J connectivity index is 1.72. The van der Waals surface area contributed by atoms with Gasteiger partial charge in [0.1, 0.15) is 5.25 Å². The summed E-state index contributed by atoms with van der Waals surface area (Å²) >= 11 is 1.42. The van der Waals surface area contributed by atoms with Crippen molar-refractivity contribution < 1.29 is 9.59 Å². The van der Waals surface area contributed by atoms with Gasteiger partial charge >= 0.3 is 0 Å². The molecular weight excluding hydrogens is 346 g/mol. The SMILES string of the molecule is O=C(NNC(=O)[C@H](Sc1ccccc1)c1ccccc1)c1ccncc1. The number of carbonyl (C=O) groups is 2. The summed E-state index contributed by atoms with van der Waals surface area (Å²) in [6.45, 7) is 0. The summed E-state index contributed by atoms with van der Waals surface area (Å²) in [5.74, 6) is -0.690. The number of nitrogens with one attached hydrogen (secondary N) is 2. The fourth-order valence-electron chi connectivity index (χ4n) is 2.30. The summed E-state index contributed by atoms with van der Waals surface area (Å²) < 4.78 is 0. The number of nitrogens with zero attached hydrogens (tertiary/aromatic N) is 1. The van der Waals surface area contributed by atoms with Gasteiger partial charge in [-0.2, -0.15) is 0 Å². The molecule has 0 aliphatic heterocycles. The molecule has 0 saturated heterocycles. The van der Waals surface area contributed by atoms with Crippen LogP contribution < -0.4 is 10.9 Å². The Morgan fingerprint density at radius 1 is 0.808 bits per heavy atom. The van der Waals surface area contributed by atoms with Gasteiger partial charge in [0.15, 0.2) is 0 Å². The van der Waals surface area contributed by atoms with Crippen molar-refractivity contribution >= 4 is 23.6 Å². The lowest BCUT2D eigenvalue weighted by molar-refractivity contribution is -0.121. The number of rotatable bonds is 5. The van der Waals surface area contributed by atoms with Crippen LogP contribution in [0.3, 0.4) is 0 Å². The molecule has 3 rings (SSSR count). The smallest absolute Gasteiger partial charge is 0.269 e. The minimum Gasteiger partial charge on any atom is -0.272 e. The summed E-state index contributed by atoms with van der Waals surface area (Å²) in [7, 11) is 0. The molecule has 0 fully saturated rings. The molecule has 0 saturated carbocycles. The highest BCUT2D eigenvalue weighted by Gasteiger charge is 2.22. The van der Waals surface area contributed by atoms with E-state index in [0.717, 1.165) is 10.5 Å². The highest BCUT2D eigenvalue weighted by Crippen LogP contribution is 2.35. The summed E-state index contributed by atoms with van der Waals surface area (Å²) in [6.07, 6.45) is 3.05. The quantitative estimate of drug-likeness (QED) is 0.538. The minimum atomic E-state index is -0.489. The maximum Gasteiger partial charge on any atom is 0.269 e. The van der Waals surface area contributed by atoms with Crippen LogP contribution in [0.5, 0.6) is 0 Å². The predicted octanol–water partition coefficient (Wildman–Crippen LogP) is 3.38. The monoisotopic (exact) mass is 363 g/mol. The lowest BCUT2D eigenvalue weighted by atomic mass is 10.1. The molecule has 2 N–H and O–H groups in total. The third-order valence-corrected chi connectivity index (χ3v) is 4.85. The molecule has 1 aromatic heterocycles. The van der Waals surface area contributed by atoms with Crippen LogP contribution >= 0.6 is 11.8 Å². The van der Waals surface area contributed by atoms with Gasteiger partial charge in [0.05, 0.1) is 0 Å². The second-order valence-corrected chi connectivity index (χ2v) is 6.58. The predicted molar refractivity (Wildman–Crippen MR) is 101 cm³/mol. The Hall–Kier alpha value is -3.12. The molecule has 1 atom stereocenters.